The van der Waals surface area contributed by atoms with Crippen molar-refractivity contribution in [1.29, 1.82) is 0 Å². The second-order valence-electron chi connectivity index (χ2n) is 7.92. The fraction of sp³-hybridized carbons (Fsp3) is 1.00. The molecule has 0 aromatic heterocycles. The second-order valence-corrected chi connectivity index (χ2v) is 7.92. The van der Waals surface area contributed by atoms with E-state index in [1.165, 1.54) is 58.2 Å². The van der Waals surface area contributed by atoms with E-state index in [2.05, 4.69) is 31.0 Å². The van der Waals surface area contributed by atoms with Gasteiger partial charge >= 0.3 is 0 Å². The van der Waals surface area contributed by atoms with Crippen molar-refractivity contribution in [3.05, 3.63) is 0 Å². The van der Waals surface area contributed by atoms with Crippen LogP contribution < -0.4 is 5.32 Å². The largest absolute Gasteiger partial charge is 0.378 e. The van der Waals surface area contributed by atoms with Crippen molar-refractivity contribution in [3.8, 4) is 0 Å². The summed E-state index contributed by atoms with van der Waals surface area (Å²) in [5, 5.41) is 3.91. The van der Waals surface area contributed by atoms with Gasteiger partial charge in [-0.3, -0.25) is 4.90 Å². The smallest absolute Gasteiger partial charge is 0.0588 e. The summed E-state index contributed by atoms with van der Waals surface area (Å²) in [5.74, 6) is 1.70. The van der Waals surface area contributed by atoms with Gasteiger partial charge in [-0.15, -0.1) is 0 Å². The zero-order valence-electron chi connectivity index (χ0n) is 14.2. The first-order chi connectivity index (χ1) is 10.1. The van der Waals surface area contributed by atoms with Crippen LogP contribution in [0.4, 0.5) is 0 Å². The van der Waals surface area contributed by atoms with Gasteiger partial charge in [-0.1, -0.05) is 20.3 Å². The Morgan fingerprint density at radius 3 is 2.76 bits per heavy atom. The van der Waals surface area contributed by atoms with Crippen LogP contribution in [0.5, 0.6) is 0 Å². The Balaban J connectivity index is 1.60. The zero-order valence-corrected chi connectivity index (χ0v) is 14.2. The Bertz CT molecular complexity index is 338. The maximum atomic E-state index is 5.84. The van der Waals surface area contributed by atoms with Crippen LogP contribution in [-0.4, -0.2) is 48.8 Å². The third kappa shape index (κ3) is 3.62. The summed E-state index contributed by atoms with van der Waals surface area (Å²) in [5.41, 5.74) is 0.362. The molecule has 1 N–H and O–H groups in total. The Hall–Kier alpha value is -0.120. The first-order valence-electron chi connectivity index (χ1n) is 9.23. The Labute approximate surface area is 130 Å². The summed E-state index contributed by atoms with van der Waals surface area (Å²) in [6.07, 6.45) is 8.44. The number of hydrogen-bond donors (Lipinski definition) is 1. The minimum atomic E-state index is 0.362. The zero-order chi connectivity index (χ0) is 14.9. The molecule has 4 atom stereocenters. The van der Waals surface area contributed by atoms with Crippen LogP contribution in [0.15, 0.2) is 0 Å². The van der Waals surface area contributed by atoms with Gasteiger partial charge < -0.3 is 10.1 Å². The van der Waals surface area contributed by atoms with Gasteiger partial charge in [0, 0.05) is 37.8 Å². The van der Waals surface area contributed by atoms with Gasteiger partial charge in [0.1, 0.15) is 0 Å². The second kappa shape index (κ2) is 6.55. The third-order valence-corrected chi connectivity index (χ3v) is 6.26. The first-order valence-corrected chi connectivity index (χ1v) is 9.23. The van der Waals surface area contributed by atoms with Gasteiger partial charge in [0.2, 0.25) is 0 Å². The molecular weight excluding hydrogens is 260 g/mol. The van der Waals surface area contributed by atoms with Gasteiger partial charge in [-0.25, -0.2) is 0 Å². The molecule has 3 fully saturated rings. The molecule has 0 amide bonds. The maximum Gasteiger partial charge on any atom is 0.0588 e. The normalized spacial score (nSPS) is 39.6. The minimum absolute atomic E-state index is 0.362. The molecule has 2 aliphatic heterocycles. The Morgan fingerprint density at radius 2 is 2.14 bits per heavy atom. The number of nitrogens with zero attached hydrogens (tertiary/aromatic N) is 1. The van der Waals surface area contributed by atoms with E-state index in [9.17, 15) is 0 Å². The molecule has 122 valence electrons. The summed E-state index contributed by atoms with van der Waals surface area (Å²) in [6.45, 7) is 11.8. The van der Waals surface area contributed by atoms with E-state index >= 15 is 0 Å². The van der Waals surface area contributed by atoms with Crippen molar-refractivity contribution in [2.45, 2.75) is 77.0 Å². The number of nitrogens with one attached hydrogen (secondary N) is 1. The van der Waals surface area contributed by atoms with Crippen LogP contribution in [0.3, 0.4) is 0 Å². The molecule has 0 spiro atoms. The molecule has 0 radical (unpaired) electrons. The van der Waals surface area contributed by atoms with E-state index in [-0.39, 0.29) is 0 Å². The van der Waals surface area contributed by atoms with Crippen LogP contribution >= 0.6 is 0 Å². The standard InChI is InChI=1S/C18H34N2O/c1-4-14(2)17-12-19-18(3,15-7-8-15)13-20(17)10-9-16-6-5-11-21-16/h14-17,19H,4-13H2,1-3H3. The highest BCUT2D eigenvalue weighted by molar-refractivity contribution is 5.04. The number of ether oxygens (including phenoxy) is 1. The quantitative estimate of drug-likeness (QED) is 0.815. The first kappa shape index (κ1) is 15.8. The van der Waals surface area contributed by atoms with Crippen molar-refractivity contribution < 1.29 is 4.74 Å². The fourth-order valence-corrected chi connectivity index (χ4v) is 4.32. The SMILES string of the molecule is CCC(C)C1CNC(C)(C2CC2)CN1CCC1CCCO1. The molecule has 3 rings (SSSR count). The molecule has 0 aromatic carbocycles. The molecule has 4 unspecified atom stereocenters. The van der Waals surface area contributed by atoms with Crippen LogP contribution in [-0.2, 0) is 4.74 Å². The lowest BCUT2D eigenvalue weighted by molar-refractivity contribution is 0.0286. The molecule has 2 heterocycles. The predicted octanol–water partition coefficient (Wildman–Crippen LogP) is 3.04. The molecule has 21 heavy (non-hydrogen) atoms. The lowest BCUT2D eigenvalue weighted by Gasteiger charge is -2.49. The van der Waals surface area contributed by atoms with Crippen molar-refractivity contribution in [3.63, 3.8) is 0 Å². The molecule has 2 saturated heterocycles. The van der Waals surface area contributed by atoms with E-state index in [0.29, 0.717) is 17.7 Å². The lowest BCUT2D eigenvalue weighted by atomic mass is 9.86. The summed E-state index contributed by atoms with van der Waals surface area (Å²) < 4.78 is 5.84. The Morgan fingerprint density at radius 1 is 1.33 bits per heavy atom. The minimum Gasteiger partial charge on any atom is -0.378 e. The van der Waals surface area contributed by atoms with Gasteiger partial charge in [-0.2, -0.15) is 0 Å². The van der Waals surface area contributed by atoms with Crippen LogP contribution in [0, 0.1) is 11.8 Å². The van der Waals surface area contributed by atoms with Crippen molar-refractivity contribution >= 4 is 0 Å². The number of hydrogen-bond acceptors (Lipinski definition) is 3. The van der Waals surface area contributed by atoms with Gasteiger partial charge in [0.05, 0.1) is 6.10 Å². The highest BCUT2D eigenvalue weighted by Crippen LogP contribution is 2.42. The molecule has 1 aliphatic carbocycles. The van der Waals surface area contributed by atoms with E-state index in [1.54, 1.807) is 0 Å². The number of piperazine rings is 1. The highest BCUT2D eigenvalue weighted by atomic mass is 16.5. The Kier molecular flexibility index (Phi) is 4.92. The molecule has 0 aromatic rings. The lowest BCUT2D eigenvalue weighted by Crippen LogP contribution is -2.65. The summed E-state index contributed by atoms with van der Waals surface area (Å²) in [7, 11) is 0. The third-order valence-electron chi connectivity index (χ3n) is 6.26. The average molecular weight is 294 g/mol. The van der Waals surface area contributed by atoms with E-state index < -0.39 is 0 Å². The molecule has 3 nitrogen and oxygen atoms in total. The van der Waals surface area contributed by atoms with Gasteiger partial charge in [0.15, 0.2) is 0 Å². The maximum absolute atomic E-state index is 5.84. The van der Waals surface area contributed by atoms with Gasteiger partial charge in [0.25, 0.3) is 0 Å². The topological polar surface area (TPSA) is 24.5 Å². The summed E-state index contributed by atoms with van der Waals surface area (Å²) >= 11 is 0. The van der Waals surface area contributed by atoms with E-state index in [4.69, 9.17) is 4.74 Å². The van der Waals surface area contributed by atoms with E-state index in [0.717, 1.165) is 18.4 Å². The average Bonchev–Trinajstić information content (AvgIpc) is 3.23. The summed E-state index contributed by atoms with van der Waals surface area (Å²) in [6, 6.07) is 0.711. The van der Waals surface area contributed by atoms with E-state index in [1.807, 2.05) is 0 Å². The van der Waals surface area contributed by atoms with Crippen molar-refractivity contribution in [1.82, 2.24) is 10.2 Å². The predicted molar refractivity (Wildman–Crippen MR) is 87.5 cm³/mol. The van der Waals surface area contributed by atoms with Gasteiger partial charge in [-0.05, 0) is 50.9 Å². The fourth-order valence-electron chi connectivity index (χ4n) is 4.32. The molecule has 1 saturated carbocycles. The monoisotopic (exact) mass is 294 g/mol. The highest BCUT2D eigenvalue weighted by Gasteiger charge is 2.46. The van der Waals surface area contributed by atoms with Crippen LogP contribution in [0.1, 0.15) is 59.3 Å². The van der Waals surface area contributed by atoms with Crippen molar-refractivity contribution in [2.24, 2.45) is 11.8 Å². The van der Waals surface area contributed by atoms with Crippen LogP contribution in [0.2, 0.25) is 0 Å². The number of rotatable bonds is 6. The molecular formula is C18H34N2O. The summed E-state index contributed by atoms with van der Waals surface area (Å²) in [4.78, 5) is 2.80. The molecule has 0 bridgehead atoms. The van der Waals surface area contributed by atoms with Crippen molar-refractivity contribution in [2.75, 3.05) is 26.2 Å². The molecule has 3 heteroatoms. The van der Waals surface area contributed by atoms with Crippen LogP contribution in [0.25, 0.3) is 0 Å². The molecule has 3 aliphatic rings.